The first-order valence-corrected chi connectivity index (χ1v) is 12.6. The third-order valence-electron chi connectivity index (χ3n) is 6.40. The average molecular weight is 500 g/mol. The number of alkyl carbamates (subject to hydrolysis) is 1. The minimum Gasteiger partial charge on any atom is -0.444 e. The number of nitrogens with two attached hydrogens (primary N) is 1. The zero-order chi connectivity index (χ0) is 26.0. The molecule has 0 radical (unpaired) electrons. The van der Waals surface area contributed by atoms with Crippen molar-refractivity contribution in [3.63, 3.8) is 0 Å². The lowest BCUT2D eigenvalue weighted by Gasteiger charge is -2.32. The summed E-state index contributed by atoms with van der Waals surface area (Å²) in [5.41, 5.74) is 10.2. The van der Waals surface area contributed by atoms with E-state index in [4.69, 9.17) is 15.5 Å². The zero-order valence-corrected chi connectivity index (χ0v) is 21.5. The number of hydrogen-bond donors (Lipinski definition) is 2. The highest BCUT2D eigenvalue weighted by Gasteiger charge is 2.24. The summed E-state index contributed by atoms with van der Waals surface area (Å²) in [4.78, 5) is 28.1. The number of aromatic nitrogens is 4. The third-order valence-corrected chi connectivity index (χ3v) is 6.40. The molecule has 3 N–H and O–H groups in total. The number of rotatable bonds is 5. The van der Waals surface area contributed by atoms with Crippen molar-refractivity contribution in [1.29, 1.82) is 0 Å². The van der Waals surface area contributed by atoms with E-state index in [1.54, 1.807) is 12.4 Å². The largest absolute Gasteiger partial charge is 0.444 e. The molecule has 0 bridgehead atoms. The number of benzene rings is 1. The zero-order valence-electron chi connectivity index (χ0n) is 21.5. The Morgan fingerprint density at radius 3 is 2.46 bits per heavy atom. The molecule has 4 heterocycles. The van der Waals surface area contributed by atoms with Crippen molar-refractivity contribution in [2.75, 3.05) is 18.8 Å². The van der Waals surface area contributed by atoms with Gasteiger partial charge in [0.05, 0.1) is 5.56 Å². The SMILES string of the molecule is CC(C)(C)OC(=O)NC1CCN(Cc2ccc(-n3c(-c4cccnc4N)nc4cccnc43)cc2)CC1. The second-order valence-electron chi connectivity index (χ2n) is 10.4. The number of ether oxygens (including phenoxy) is 1. The molecule has 1 saturated heterocycles. The number of nitrogen functional groups attached to an aromatic ring is 1. The number of piperidine rings is 1. The number of carbonyl (C=O) groups excluding carboxylic acids is 1. The van der Waals surface area contributed by atoms with Gasteiger partial charge in [-0.2, -0.15) is 0 Å². The Balaban J connectivity index is 1.28. The van der Waals surface area contributed by atoms with E-state index < -0.39 is 5.60 Å². The molecule has 0 saturated carbocycles. The number of likely N-dealkylation sites (tertiary alicyclic amines) is 1. The molecule has 192 valence electrons. The fourth-order valence-electron chi connectivity index (χ4n) is 4.66. The molecule has 0 unspecified atom stereocenters. The van der Waals surface area contributed by atoms with Gasteiger partial charge in [0.2, 0.25) is 0 Å². The summed E-state index contributed by atoms with van der Waals surface area (Å²) in [6, 6.07) is 16.2. The van der Waals surface area contributed by atoms with Crippen molar-refractivity contribution in [3.8, 4) is 17.1 Å². The second-order valence-corrected chi connectivity index (χ2v) is 10.4. The molecular weight excluding hydrogens is 466 g/mol. The molecule has 9 nitrogen and oxygen atoms in total. The van der Waals surface area contributed by atoms with Gasteiger partial charge in [-0.1, -0.05) is 12.1 Å². The number of anilines is 1. The lowest BCUT2D eigenvalue weighted by molar-refractivity contribution is 0.0477. The highest BCUT2D eigenvalue weighted by Crippen LogP contribution is 2.30. The molecule has 1 aliphatic heterocycles. The maximum atomic E-state index is 12.1. The molecule has 3 aromatic heterocycles. The molecular formula is C28H33N7O2. The summed E-state index contributed by atoms with van der Waals surface area (Å²) >= 11 is 0. The van der Waals surface area contributed by atoms with E-state index in [0.717, 1.165) is 54.9 Å². The first-order valence-electron chi connectivity index (χ1n) is 12.6. The van der Waals surface area contributed by atoms with Crippen LogP contribution in [0.2, 0.25) is 0 Å². The number of nitrogens with zero attached hydrogens (tertiary/aromatic N) is 5. The van der Waals surface area contributed by atoms with Gasteiger partial charge in [0.25, 0.3) is 0 Å². The van der Waals surface area contributed by atoms with Crippen LogP contribution in [0.3, 0.4) is 0 Å². The Labute approximate surface area is 216 Å². The van der Waals surface area contributed by atoms with E-state index in [2.05, 4.69) is 44.5 Å². The van der Waals surface area contributed by atoms with E-state index >= 15 is 0 Å². The number of imidazole rings is 1. The fraction of sp³-hybridized carbons (Fsp3) is 0.357. The van der Waals surface area contributed by atoms with Crippen molar-refractivity contribution >= 4 is 23.1 Å². The van der Waals surface area contributed by atoms with E-state index in [1.165, 1.54) is 5.56 Å². The number of fused-ring (bicyclic) bond motifs is 1. The van der Waals surface area contributed by atoms with Gasteiger partial charge in [-0.15, -0.1) is 0 Å². The first-order chi connectivity index (χ1) is 17.8. The topological polar surface area (TPSA) is 111 Å². The summed E-state index contributed by atoms with van der Waals surface area (Å²) in [5.74, 6) is 1.15. The Morgan fingerprint density at radius 1 is 1.05 bits per heavy atom. The van der Waals surface area contributed by atoms with Crippen molar-refractivity contribution in [2.24, 2.45) is 0 Å². The van der Waals surface area contributed by atoms with Crippen LogP contribution in [0.5, 0.6) is 0 Å². The smallest absolute Gasteiger partial charge is 0.407 e. The van der Waals surface area contributed by atoms with Gasteiger partial charge < -0.3 is 15.8 Å². The van der Waals surface area contributed by atoms with E-state index in [9.17, 15) is 4.79 Å². The lowest BCUT2D eigenvalue weighted by Crippen LogP contribution is -2.45. The normalized spacial score (nSPS) is 15.1. The summed E-state index contributed by atoms with van der Waals surface area (Å²) in [6.07, 6.45) is 4.91. The van der Waals surface area contributed by atoms with Crippen LogP contribution >= 0.6 is 0 Å². The first kappa shape index (κ1) is 24.7. The van der Waals surface area contributed by atoms with Crippen LogP contribution in [0.4, 0.5) is 10.6 Å². The van der Waals surface area contributed by atoms with E-state index in [0.29, 0.717) is 11.6 Å². The van der Waals surface area contributed by atoms with Gasteiger partial charge in [0, 0.05) is 43.8 Å². The van der Waals surface area contributed by atoms with Gasteiger partial charge in [-0.3, -0.25) is 9.47 Å². The summed E-state index contributed by atoms with van der Waals surface area (Å²) in [5, 5.41) is 3.00. The minimum absolute atomic E-state index is 0.147. The highest BCUT2D eigenvalue weighted by molar-refractivity contribution is 5.82. The summed E-state index contributed by atoms with van der Waals surface area (Å²) < 4.78 is 7.42. The molecule has 5 rings (SSSR count). The monoisotopic (exact) mass is 499 g/mol. The molecule has 1 aliphatic rings. The maximum absolute atomic E-state index is 12.1. The average Bonchev–Trinajstić information content (AvgIpc) is 3.24. The highest BCUT2D eigenvalue weighted by atomic mass is 16.6. The number of pyridine rings is 2. The molecule has 9 heteroatoms. The van der Waals surface area contributed by atoms with Gasteiger partial charge in [0.15, 0.2) is 11.5 Å². The lowest BCUT2D eigenvalue weighted by atomic mass is 10.0. The molecule has 0 atom stereocenters. The third kappa shape index (κ3) is 5.72. The number of nitrogens with one attached hydrogen (secondary N) is 1. The molecule has 0 aliphatic carbocycles. The Hall–Kier alpha value is -3.98. The van der Waals surface area contributed by atoms with Crippen LogP contribution in [0.1, 0.15) is 39.2 Å². The van der Waals surface area contributed by atoms with Crippen LogP contribution in [-0.2, 0) is 11.3 Å². The van der Waals surface area contributed by atoms with Crippen molar-refractivity contribution < 1.29 is 9.53 Å². The fourth-order valence-corrected chi connectivity index (χ4v) is 4.66. The maximum Gasteiger partial charge on any atom is 0.407 e. The van der Waals surface area contributed by atoms with Gasteiger partial charge in [-0.05, 0) is 75.6 Å². The van der Waals surface area contributed by atoms with Crippen LogP contribution in [-0.4, -0.2) is 55.2 Å². The van der Waals surface area contributed by atoms with Gasteiger partial charge >= 0.3 is 6.09 Å². The molecule has 37 heavy (non-hydrogen) atoms. The molecule has 4 aromatic rings. The molecule has 0 spiro atoms. The number of amides is 1. The standard InChI is InChI=1S/C28H33N7O2/c1-28(2,3)37-27(36)32-20-12-16-34(17-13-20)18-19-8-10-21(11-9-19)35-25(22-6-4-14-30-24(22)29)33-23-7-5-15-31-26(23)35/h4-11,14-15,20H,12-13,16-18H2,1-3H3,(H2,29,30)(H,32,36). The van der Waals surface area contributed by atoms with Crippen molar-refractivity contribution in [2.45, 2.75) is 51.8 Å². The number of hydrogen-bond acceptors (Lipinski definition) is 7. The predicted octanol–water partition coefficient (Wildman–Crippen LogP) is 4.55. The van der Waals surface area contributed by atoms with Crippen molar-refractivity contribution in [1.82, 2.24) is 29.7 Å². The van der Waals surface area contributed by atoms with Crippen LogP contribution in [0, 0.1) is 0 Å². The van der Waals surface area contributed by atoms with Gasteiger partial charge in [-0.25, -0.2) is 19.7 Å². The molecule has 1 amide bonds. The second kappa shape index (κ2) is 10.2. The predicted molar refractivity (Wildman–Crippen MR) is 144 cm³/mol. The minimum atomic E-state index is -0.485. The van der Waals surface area contributed by atoms with Crippen LogP contribution < -0.4 is 11.1 Å². The van der Waals surface area contributed by atoms with Crippen LogP contribution in [0.15, 0.2) is 60.9 Å². The van der Waals surface area contributed by atoms with Crippen LogP contribution in [0.25, 0.3) is 28.2 Å². The van der Waals surface area contributed by atoms with E-state index in [1.807, 2.05) is 49.6 Å². The number of carbonyl (C=O) groups is 1. The summed E-state index contributed by atoms with van der Waals surface area (Å²) in [6.45, 7) is 8.32. The molecule has 1 fully saturated rings. The Bertz CT molecular complexity index is 1380. The Kier molecular flexibility index (Phi) is 6.80. The quantitative estimate of drug-likeness (QED) is 0.414. The van der Waals surface area contributed by atoms with E-state index in [-0.39, 0.29) is 12.1 Å². The molecule has 1 aromatic carbocycles. The Morgan fingerprint density at radius 2 is 1.76 bits per heavy atom. The van der Waals surface area contributed by atoms with Gasteiger partial charge in [0.1, 0.15) is 16.9 Å². The summed E-state index contributed by atoms with van der Waals surface area (Å²) in [7, 11) is 0. The van der Waals surface area contributed by atoms with Crippen molar-refractivity contribution in [3.05, 3.63) is 66.5 Å².